The van der Waals surface area contributed by atoms with E-state index < -0.39 is 24.8 Å². The van der Waals surface area contributed by atoms with E-state index in [9.17, 15) is 22.0 Å². The normalized spacial score (nSPS) is 23.5. The Morgan fingerprint density at radius 2 is 1.79 bits per heavy atom. The minimum Gasteiger partial charge on any atom is -0.308 e. The van der Waals surface area contributed by atoms with Gasteiger partial charge in [0.2, 0.25) is 0 Å². The molecule has 1 nitrogen and oxygen atoms in total. The van der Waals surface area contributed by atoms with Gasteiger partial charge in [-0.1, -0.05) is 69.8 Å². The average molecular weight is 406 g/mol. The molecule has 28 heavy (non-hydrogen) atoms. The van der Waals surface area contributed by atoms with E-state index in [-0.39, 0.29) is 6.42 Å². The second kappa shape index (κ2) is 10.6. The summed E-state index contributed by atoms with van der Waals surface area (Å²) in [7, 11) is 0. The van der Waals surface area contributed by atoms with E-state index in [1.165, 1.54) is 50.2 Å². The van der Waals surface area contributed by atoms with Crippen molar-refractivity contribution in [2.75, 3.05) is 6.67 Å². The van der Waals surface area contributed by atoms with Crippen LogP contribution in [0.25, 0.3) is 0 Å². The summed E-state index contributed by atoms with van der Waals surface area (Å²) in [6.45, 7) is -0.245. The van der Waals surface area contributed by atoms with Gasteiger partial charge in [-0.05, 0) is 42.7 Å². The predicted octanol–water partition coefficient (Wildman–Crippen LogP) is 7.54. The van der Waals surface area contributed by atoms with Crippen molar-refractivity contribution >= 4 is 0 Å². The Bertz CT molecular complexity index is 579. The van der Waals surface area contributed by atoms with E-state index in [0.717, 1.165) is 24.8 Å². The SMILES string of the molecule is CCCCCCCC1CC=C(C2=CCC(OC(F)(F)C(F)(F)CF)C=C2)CC1. The lowest BCUT2D eigenvalue weighted by Gasteiger charge is -2.29. The summed E-state index contributed by atoms with van der Waals surface area (Å²) in [5.41, 5.74) is 2.12. The highest BCUT2D eigenvalue weighted by molar-refractivity contribution is 5.42. The highest BCUT2D eigenvalue weighted by Gasteiger charge is 2.59. The van der Waals surface area contributed by atoms with Crippen LogP contribution in [0.4, 0.5) is 22.0 Å². The minimum atomic E-state index is -4.82. The third-order valence-electron chi connectivity index (χ3n) is 5.56. The fraction of sp³-hybridized carbons (Fsp3) is 0.727. The number of ether oxygens (including phenoxy) is 1. The first-order valence-electron chi connectivity index (χ1n) is 10.4. The first kappa shape index (κ1) is 23.1. The molecule has 0 N–H and O–H groups in total. The molecule has 0 spiro atoms. The van der Waals surface area contributed by atoms with Crippen LogP contribution in [0.1, 0.15) is 71.1 Å². The van der Waals surface area contributed by atoms with Crippen molar-refractivity contribution in [3.63, 3.8) is 0 Å². The van der Waals surface area contributed by atoms with Crippen LogP contribution in [0, 0.1) is 5.92 Å². The summed E-state index contributed by atoms with van der Waals surface area (Å²) >= 11 is 0. The van der Waals surface area contributed by atoms with Crippen LogP contribution in [-0.4, -0.2) is 24.8 Å². The van der Waals surface area contributed by atoms with Crippen molar-refractivity contribution in [1.82, 2.24) is 0 Å². The van der Waals surface area contributed by atoms with Crippen molar-refractivity contribution in [2.24, 2.45) is 5.92 Å². The number of allylic oxidation sites excluding steroid dienone is 4. The number of hydrogen-bond acceptors (Lipinski definition) is 1. The van der Waals surface area contributed by atoms with Gasteiger partial charge < -0.3 is 4.74 Å². The van der Waals surface area contributed by atoms with E-state index in [1.807, 2.05) is 0 Å². The quantitative estimate of drug-likeness (QED) is 0.254. The molecule has 0 aromatic heterocycles. The molecule has 0 saturated heterocycles. The lowest BCUT2D eigenvalue weighted by Crippen LogP contribution is -2.46. The Balaban J connectivity index is 1.79. The smallest absolute Gasteiger partial charge is 0.308 e. The number of unbranched alkanes of at least 4 members (excludes halogenated alkanes) is 4. The number of rotatable bonds is 11. The lowest BCUT2D eigenvalue weighted by molar-refractivity contribution is -0.358. The predicted molar refractivity (Wildman–Crippen MR) is 101 cm³/mol. The highest BCUT2D eigenvalue weighted by atomic mass is 19.3. The van der Waals surface area contributed by atoms with Crippen molar-refractivity contribution in [3.05, 3.63) is 35.5 Å². The van der Waals surface area contributed by atoms with Crippen molar-refractivity contribution in [2.45, 2.75) is 89.3 Å². The largest absolute Gasteiger partial charge is 0.422 e. The van der Waals surface area contributed by atoms with E-state index in [2.05, 4.69) is 17.7 Å². The van der Waals surface area contributed by atoms with Crippen molar-refractivity contribution in [1.29, 1.82) is 0 Å². The lowest BCUT2D eigenvalue weighted by atomic mass is 9.82. The van der Waals surface area contributed by atoms with Gasteiger partial charge in [0.25, 0.3) is 0 Å². The molecule has 0 amide bonds. The third kappa shape index (κ3) is 6.43. The summed E-state index contributed by atoms with van der Waals surface area (Å²) in [5.74, 6) is -4.11. The summed E-state index contributed by atoms with van der Waals surface area (Å²) in [5, 5.41) is 0. The number of halogens is 5. The van der Waals surface area contributed by atoms with Gasteiger partial charge in [-0.2, -0.15) is 17.6 Å². The topological polar surface area (TPSA) is 9.23 Å². The third-order valence-corrected chi connectivity index (χ3v) is 5.56. The van der Waals surface area contributed by atoms with E-state index in [4.69, 9.17) is 0 Å². The van der Waals surface area contributed by atoms with Gasteiger partial charge in [0.1, 0.15) is 0 Å². The first-order valence-corrected chi connectivity index (χ1v) is 10.4. The average Bonchev–Trinajstić information content (AvgIpc) is 2.68. The van der Waals surface area contributed by atoms with Gasteiger partial charge in [0.15, 0.2) is 6.67 Å². The Labute approximate surface area is 164 Å². The summed E-state index contributed by atoms with van der Waals surface area (Å²) < 4.78 is 69.0. The van der Waals surface area contributed by atoms with Crippen molar-refractivity contribution < 1.29 is 26.7 Å². The molecule has 6 heteroatoms. The number of hydrogen-bond donors (Lipinski definition) is 0. The fourth-order valence-electron chi connectivity index (χ4n) is 3.73. The maximum atomic E-state index is 13.4. The molecule has 160 valence electrons. The zero-order valence-corrected chi connectivity index (χ0v) is 16.5. The molecule has 2 atom stereocenters. The van der Waals surface area contributed by atoms with Crippen LogP contribution < -0.4 is 0 Å². The molecule has 2 aliphatic rings. The first-order chi connectivity index (χ1) is 13.3. The van der Waals surface area contributed by atoms with Crippen LogP contribution in [0.5, 0.6) is 0 Å². The second-order valence-electron chi connectivity index (χ2n) is 7.84. The molecule has 0 aliphatic heterocycles. The van der Waals surface area contributed by atoms with Gasteiger partial charge in [-0.3, -0.25) is 0 Å². The fourth-order valence-corrected chi connectivity index (χ4v) is 3.73. The van der Waals surface area contributed by atoms with Crippen LogP contribution >= 0.6 is 0 Å². The molecule has 0 radical (unpaired) electrons. The standard InChI is InChI=1S/C22H31F5O/c1-2-3-4-5-6-7-17-8-10-18(11-9-17)19-12-14-20(15-13-19)28-22(26,27)21(24,25)16-23/h10,12-14,17,20H,2-9,11,15-16H2,1H3. The van der Waals surface area contributed by atoms with Gasteiger partial charge >= 0.3 is 12.0 Å². The molecule has 0 fully saturated rings. The number of alkyl halides is 5. The van der Waals surface area contributed by atoms with Gasteiger partial charge in [0.05, 0.1) is 6.10 Å². The van der Waals surface area contributed by atoms with E-state index in [1.54, 1.807) is 12.2 Å². The Kier molecular flexibility index (Phi) is 8.72. The molecule has 0 aromatic rings. The monoisotopic (exact) mass is 406 g/mol. The zero-order valence-electron chi connectivity index (χ0n) is 16.5. The van der Waals surface area contributed by atoms with Crippen LogP contribution in [0.3, 0.4) is 0 Å². The Hall–Kier alpha value is -1.17. The zero-order chi connectivity index (χ0) is 20.6. The second-order valence-corrected chi connectivity index (χ2v) is 7.84. The molecule has 2 rings (SSSR count). The van der Waals surface area contributed by atoms with Crippen molar-refractivity contribution in [3.8, 4) is 0 Å². The molecule has 2 aliphatic carbocycles. The van der Waals surface area contributed by atoms with Crippen LogP contribution in [0.15, 0.2) is 35.5 Å². The molecule has 0 aromatic carbocycles. The van der Waals surface area contributed by atoms with E-state index in [0.29, 0.717) is 5.92 Å². The molecule has 0 saturated carbocycles. The van der Waals surface area contributed by atoms with Gasteiger partial charge in [-0.15, -0.1) is 0 Å². The van der Waals surface area contributed by atoms with E-state index >= 15 is 0 Å². The Morgan fingerprint density at radius 3 is 2.36 bits per heavy atom. The molecule has 0 heterocycles. The molecule has 2 unspecified atom stereocenters. The minimum absolute atomic E-state index is 0.0714. The maximum absolute atomic E-state index is 13.4. The molecular weight excluding hydrogens is 375 g/mol. The Morgan fingerprint density at radius 1 is 1.04 bits per heavy atom. The summed E-state index contributed by atoms with van der Waals surface area (Å²) in [4.78, 5) is 0. The van der Waals surface area contributed by atoms with Crippen LogP contribution in [-0.2, 0) is 4.74 Å². The maximum Gasteiger partial charge on any atom is 0.422 e. The van der Waals surface area contributed by atoms with Gasteiger partial charge in [-0.25, -0.2) is 4.39 Å². The van der Waals surface area contributed by atoms with Gasteiger partial charge in [0, 0.05) is 0 Å². The summed E-state index contributed by atoms with van der Waals surface area (Å²) in [6.07, 6.45) is 11.8. The summed E-state index contributed by atoms with van der Waals surface area (Å²) in [6, 6.07) is 0. The molecule has 0 bridgehead atoms. The molecular formula is C22H31F5O. The highest BCUT2D eigenvalue weighted by Crippen LogP contribution is 2.38. The van der Waals surface area contributed by atoms with Crippen LogP contribution in [0.2, 0.25) is 0 Å².